The Bertz CT molecular complexity index is 619. The molecule has 1 aromatic heterocycles. The van der Waals surface area contributed by atoms with Gasteiger partial charge in [-0.15, -0.1) is 0 Å². The van der Waals surface area contributed by atoms with Crippen LogP contribution < -0.4 is 10.6 Å². The highest BCUT2D eigenvalue weighted by Crippen LogP contribution is 2.21. The highest BCUT2D eigenvalue weighted by molar-refractivity contribution is 5.83. The fourth-order valence-corrected chi connectivity index (χ4v) is 2.18. The molecule has 6 heteroatoms. The number of nitrogens with one attached hydrogen (secondary N) is 2. The molecule has 0 aliphatic heterocycles. The fraction of sp³-hybridized carbons (Fsp3) is 0.429. The topological polar surface area (TPSA) is 79.2 Å². The van der Waals surface area contributed by atoms with Crippen LogP contribution in [0.1, 0.15) is 12.8 Å². The molecule has 0 bridgehead atoms. The summed E-state index contributed by atoms with van der Waals surface area (Å²) < 4.78 is 1.85. The van der Waals surface area contributed by atoms with Gasteiger partial charge < -0.3 is 20.3 Å². The minimum atomic E-state index is 0.00250. The Morgan fingerprint density at radius 3 is 2.95 bits per heavy atom. The van der Waals surface area contributed by atoms with Crippen molar-refractivity contribution in [3.8, 4) is 0 Å². The molecule has 1 aliphatic rings. The summed E-state index contributed by atoms with van der Waals surface area (Å²) in [6.45, 7) is 0.676. The van der Waals surface area contributed by atoms with Crippen molar-refractivity contribution >= 4 is 22.9 Å². The number of fused-ring (bicyclic) bond motifs is 1. The van der Waals surface area contributed by atoms with Crippen LogP contribution in [0.4, 0.5) is 5.95 Å². The first-order valence-corrected chi connectivity index (χ1v) is 6.87. The molecule has 0 spiro atoms. The Morgan fingerprint density at radius 2 is 2.20 bits per heavy atom. The molecule has 1 fully saturated rings. The van der Waals surface area contributed by atoms with Gasteiger partial charge in [0.25, 0.3) is 0 Å². The molecule has 1 heterocycles. The van der Waals surface area contributed by atoms with Crippen LogP contribution in [0, 0.1) is 0 Å². The van der Waals surface area contributed by atoms with Crippen LogP contribution in [0.3, 0.4) is 0 Å². The van der Waals surface area contributed by atoms with Gasteiger partial charge in [-0.2, -0.15) is 0 Å². The molecule has 106 valence electrons. The number of imidazole rings is 1. The van der Waals surface area contributed by atoms with Crippen molar-refractivity contribution in [3.05, 3.63) is 24.3 Å². The lowest BCUT2D eigenvalue weighted by Gasteiger charge is -2.10. The van der Waals surface area contributed by atoms with Gasteiger partial charge in [0.15, 0.2) is 0 Å². The monoisotopic (exact) mass is 274 g/mol. The lowest BCUT2D eigenvalue weighted by atomic mass is 10.3. The number of rotatable bonds is 6. The van der Waals surface area contributed by atoms with Crippen LogP contribution in [0.25, 0.3) is 11.0 Å². The molecular weight excluding hydrogens is 256 g/mol. The number of hydrogen-bond acceptors (Lipinski definition) is 4. The number of anilines is 1. The molecule has 1 aromatic carbocycles. The van der Waals surface area contributed by atoms with Crippen LogP contribution in [0.2, 0.25) is 0 Å². The third-order valence-corrected chi connectivity index (χ3v) is 3.29. The fourth-order valence-electron chi connectivity index (χ4n) is 2.18. The van der Waals surface area contributed by atoms with E-state index in [1.165, 1.54) is 0 Å². The van der Waals surface area contributed by atoms with Crippen LogP contribution in [0.15, 0.2) is 24.3 Å². The van der Waals surface area contributed by atoms with E-state index >= 15 is 0 Å². The van der Waals surface area contributed by atoms with Gasteiger partial charge in [-0.25, -0.2) is 4.98 Å². The highest BCUT2D eigenvalue weighted by atomic mass is 16.3. The number of carbonyl (C=O) groups excluding carboxylic acids is 1. The molecule has 0 radical (unpaired) electrons. The zero-order valence-electron chi connectivity index (χ0n) is 11.2. The number of nitrogens with zero attached hydrogens (tertiary/aromatic N) is 2. The van der Waals surface area contributed by atoms with E-state index in [2.05, 4.69) is 15.6 Å². The standard InChI is InChI=1S/C14H18N4O2/c19-8-7-15-14-17-11-3-1-2-4-12(11)18(14)9-13(20)16-10-5-6-10/h1-4,10,19H,5-9H2,(H,15,17)(H,16,20). The molecule has 0 atom stereocenters. The van der Waals surface area contributed by atoms with Crippen LogP contribution >= 0.6 is 0 Å². The second-order valence-electron chi connectivity index (χ2n) is 5.00. The summed E-state index contributed by atoms with van der Waals surface area (Å²) in [6, 6.07) is 8.05. The van der Waals surface area contributed by atoms with E-state index in [0.717, 1.165) is 23.9 Å². The van der Waals surface area contributed by atoms with E-state index in [4.69, 9.17) is 5.11 Å². The summed E-state index contributed by atoms with van der Waals surface area (Å²) >= 11 is 0. The number of amides is 1. The number of benzene rings is 1. The van der Waals surface area contributed by atoms with E-state index in [9.17, 15) is 4.79 Å². The maximum atomic E-state index is 12.0. The van der Waals surface area contributed by atoms with Crippen LogP contribution in [0.5, 0.6) is 0 Å². The van der Waals surface area contributed by atoms with Gasteiger partial charge in [0.2, 0.25) is 11.9 Å². The zero-order chi connectivity index (χ0) is 13.9. The predicted molar refractivity (Wildman–Crippen MR) is 76.5 cm³/mol. The number of hydrogen-bond donors (Lipinski definition) is 3. The summed E-state index contributed by atoms with van der Waals surface area (Å²) in [4.78, 5) is 16.5. The minimum absolute atomic E-state index is 0.00250. The zero-order valence-corrected chi connectivity index (χ0v) is 11.2. The van der Waals surface area contributed by atoms with E-state index in [1.807, 2.05) is 28.8 Å². The molecule has 3 rings (SSSR count). The largest absolute Gasteiger partial charge is 0.395 e. The van der Waals surface area contributed by atoms with E-state index in [-0.39, 0.29) is 19.1 Å². The predicted octanol–water partition coefficient (Wildman–Crippen LogP) is 0.719. The third kappa shape index (κ3) is 2.75. The van der Waals surface area contributed by atoms with Gasteiger partial charge in [0.1, 0.15) is 6.54 Å². The molecule has 1 aliphatic carbocycles. The van der Waals surface area contributed by atoms with Gasteiger partial charge in [-0.05, 0) is 25.0 Å². The van der Waals surface area contributed by atoms with E-state index in [0.29, 0.717) is 18.5 Å². The maximum Gasteiger partial charge on any atom is 0.240 e. The Morgan fingerprint density at radius 1 is 1.40 bits per heavy atom. The molecule has 6 nitrogen and oxygen atoms in total. The summed E-state index contributed by atoms with van der Waals surface area (Å²) in [7, 11) is 0. The highest BCUT2D eigenvalue weighted by Gasteiger charge is 2.24. The summed E-state index contributed by atoms with van der Waals surface area (Å²) in [6.07, 6.45) is 2.15. The average molecular weight is 274 g/mol. The van der Waals surface area contributed by atoms with E-state index < -0.39 is 0 Å². The van der Waals surface area contributed by atoms with Gasteiger partial charge in [0.05, 0.1) is 17.6 Å². The quantitative estimate of drug-likeness (QED) is 0.725. The molecule has 1 saturated carbocycles. The summed E-state index contributed by atoms with van der Waals surface area (Å²) in [5, 5.41) is 14.9. The van der Waals surface area contributed by atoms with Crippen molar-refractivity contribution in [1.82, 2.24) is 14.9 Å². The smallest absolute Gasteiger partial charge is 0.240 e. The van der Waals surface area contributed by atoms with E-state index in [1.54, 1.807) is 0 Å². The summed E-state index contributed by atoms with van der Waals surface area (Å²) in [5.74, 6) is 0.619. The Labute approximate surface area is 116 Å². The Balaban J connectivity index is 1.86. The van der Waals surface area contributed by atoms with Gasteiger partial charge in [-0.3, -0.25) is 4.79 Å². The normalized spacial score (nSPS) is 14.4. The maximum absolute atomic E-state index is 12.0. The molecule has 20 heavy (non-hydrogen) atoms. The van der Waals surface area contributed by atoms with Gasteiger partial charge in [-0.1, -0.05) is 12.1 Å². The van der Waals surface area contributed by atoms with Crippen LogP contribution in [-0.2, 0) is 11.3 Å². The van der Waals surface area contributed by atoms with Gasteiger partial charge >= 0.3 is 0 Å². The SMILES string of the molecule is O=C(Cn1c(NCCO)nc2ccccc21)NC1CC1. The molecule has 2 aromatic rings. The first-order valence-electron chi connectivity index (χ1n) is 6.87. The molecule has 0 saturated heterocycles. The van der Waals surface area contributed by atoms with Crippen molar-refractivity contribution < 1.29 is 9.90 Å². The number of carbonyl (C=O) groups is 1. The molecule has 1 amide bonds. The second kappa shape index (κ2) is 5.50. The van der Waals surface area contributed by atoms with Crippen molar-refractivity contribution in [2.75, 3.05) is 18.5 Å². The average Bonchev–Trinajstić information content (AvgIpc) is 3.19. The number of aliphatic hydroxyl groups is 1. The lowest BCUT2D eigenvalue weighted by molar-refractivity contribution is -0.121. The third-order valence-electron chi connectivity index (χ3n) is 3.29. The van der Waals surface area contributed by atoms with Crippen molar-refractivity contribution in [1.29, 1.82) is 0 Å². The lowest BCUT2D eigenvalue weighted by Crippen LogP contribution is -2.29. The Hall–Kier alpha value is -2.08. The van der Waals surface area contributed by atoms with Crippen molar-refractivity contribution in [2.24, 2.45) is 0 Å². The molecule has 0 unspecified atom stereocenters. The first kappa shape index (κ1) is 12.9. The van der Waals surface area contributed by atoms with Gasteiger partial charge in [0, 0.05) is 12.6 Å². The number of aliphatic hydroxyl groups excluding tert-OH is 1. The van der Waals surface area contributed by atoms with Crippen molar-refractivity contribution in [3.63, 3.8) is 0 Å². The summed E-state index contributed by atoms with van der Waals surface area (Å²) in [5.41, 5.74) is 1.76. The molecular formula is C14H18N4O2. The second-order valence-corrected chi connectivity index (χ2v) is 5.00. The van der Waals surface area contributed by atoms with Crippen LogP contribution in [-0.4, -0.2) is 39.8 Å². The Kier molecular flexibility index (Phi) is 3.56. The minimum Gasteiger partial charge on any atom is -0.395 e. The number of para-hydroxylation sites is 2. The first-order chi connectivity index (χ1) is 9.78. The molecule has 3 N–H and O–H groups in total. The number of aromatic nitrogens is 2. The van der Waals surface area contributed by atoms with Crippen molar-refractivity contribution in [2.45, 2.75) is 25.4 Å².